The molecule has 0 aliphatic carbocycles. The highest BCUT2D eigenvalue weighted by Gasteiger charge is 2.19. The minimum atomic E-state index is -0.0649. The first-order valence-electron chi connectivity index (χ1n) is 9.70. The Labute approximate surface area is 174 Å². The summed E-state index contributed by atoms with van der Waals surface area (Å²) in [5, 5.41) is 8.12. The molecular weight excluding hydrogens is 380 g/mol. The molecule has 0 radical (unpaired) electrons. The van der Waals surface area contributed by atoms with E-state index >= 15 is 0 Å². The van der Waals surface area contributed by atoms with E-state index in [-0.39, 0.29) is 11.9 Å². The summed E-state index contributed by atoms with van der Waals surface area (Å²) in [7, 11) is 1.81. The minimum Gasteiger partial charge on any atom is -0.339 e. The Hall–Kier alpha value is -3.81. The molecule has 1 atom stereocenters. The lowest BCUT2D eigenvalue weighted by atomic mass is 10.1. The van der Waals surface area contributed by atoms with Crippen molar-refractivity contribution in [2.45, 2.75) is 25.8 Å². The first kappa shape index (κ1) is 19.5. The molecule has 0 saturated carbocycles. The van der Waals surface area contributed by atoms with Crippen molar-refractivity contribution in [3.05, 3.63) is 78.7 Å². The second-order valence-corrected chi connectivity index (χ2v) is 6.99. The molecular formula is C22H22N6O2. The van der Waals surface area contributed by atoms with Crippen molar-refractivity contribution < 1.29 is 9.32 Å². The molecule has 152 valence electrons. The summed E-state index contributed by atoms with van der Waals surface area (Å²) in [4.78, 5) is 22.8. The van der Waals surface area contributed by atoms with Crippen LogP contribution in [-0.2, 0) is 11.2 Å². The van der Waals surface area contributed by atoms with Crippen molar-refractivity contribution in [3.8, 4) is 17.1 Å². The van der Waals surface area contributed by atoms with Crippen LogP contribution in [0.2, 0.25) is 0 Å². The second kappa shape index (κ2) is 8.69. The number of aryl methyl sites for hydroxylation is 1. The van der Waals surface area contributed by atoms with Gasteiger partial charge in [0.15, 0.2) is 0 Å². The second-order valence-electron chi connectivity index (χ2n) is 6.99. The van der Waals surface area contributed by atoms with Gasteiger partial charge in [0.25, 0.3) is 0 Å². The van der Waals surface area contributed by atoms with Crippen LogP contribution in [0.15, 0.2) is 71.8 Å². The molecule has 0 fully saturated rings. The van der Waals surface area contributed by atoms with Crippen molar-refractivity contribution in [2.75, 3.05) is 7.05 Å². The van der Waals surface area contributed by atoms with Crippen LogP contribution in [0.3, 0.4) is 0 Å². The van der Waals surface area contributed by atoms with Gasteiger partial charge in [0.2, 0.25) is 17.6 Å². The fourth-order valence-electron chi connectivity index (χ4n) is 3.14. The largest absolute Gasteiger partial charge is 0.339 e. The summed E-state index contributed by atoms with van der Waals surface area (Å²) >= 11 is 0. The summed E-state index contributed by atoms with van der Waals surface area (Å²) < 4.78 is 6.99. The van der Waals surface area contributed by atoms with Gasteiger partial charge >= 0.3 is 0 Å². The zero-order valence-electron chi connectivity index (χ0n) is 16.8. The summed E-state index contributed by atoms with van der Waals surface area (Å²) in [6.07, 6.45) is 3.85. The number of nitrogens with zero attached hydrogens (tertiary/aromatic N) is 6. The zero-order valence-corrected chi connectivity index (χ0v) is 16.8. The van der Waals surface area contributed by atoms with E-state index in [4.69, 9.17) is 4.52 Å². The Morgan fingerprint density at radius 3 is 2.60 bits per heavy atom. The normalized spacial score (nSPS) is 11.9. The lowest BCUT2D eigenvalue weighted by molar-refractivity contribution is -0.131. The third kappa shape index (κ3) is 4.27. The van der Waals surface area contributed by atoms with Crippen LogP contribution in [0, 0.1) is 0 Å². The number of hydrogen-bond donors (Lipinski definition) is 0. The van der Waals surface area contributed by atoms with Crippen molar-refractivity contribution in [2.24, 2.45) is 0 Å². The van der Waals surface area contributed by atoms with Crippen LogP contribution in [0.4, 0.5) is 0 Å². The van der Waals surface area contributed by atoms with Crippen LogP contribution in [0.5, 0.6) is 0 Å². The molecule has 8 nitrogen and oxygen atoms in total. The van der Waals surface area contributed by atoms with Gasteiger partial charge in [-0.25, -0.2) is 9.67 Å². The quantitative estimate of drug-likeness (QED) is 0.470. The summed E-state index contributed by atoms with van der Waals surface area (Å²) in [5.74, 6) is 1.01. The average molecular weight is 402 g/mol. The Bertz CT molecular complexity index is 1090. The third-order valence-electron chi connectivity index (χ3n) is 5.09. The van der Waals surface area contributed by atoms with Gasteiger partial charge < -0.3 is 9.42 Å². The van der Waals surface area contributed by atoms with E-state index in [0.717, 1.165) is 16.8 Å². The van der Waals surface area contributed by atoms with Gasteiger partial charge in [0, 0.05) is 25.5 Å². The molecule has 4 aromatic rings. The first-order valence-corrected chi connectivity index (χ1v) is 9.70. The Kier molecular flexibility index (Phi) is 5.65. The molecule has 30 heavy (non-hydrogen) atoms. The predicted octanol–water partition coefficient (Wildman–Crippen LogP) is 3.47. The number of rotatable bonds is 7. The highest BCUT2D eigenvalue weighted by molar-refractivity contribution is 5.76. The van der Waals surface area contributed by atoms with E-state index in [2.05, 4.69) is 20.2 Å². The molecule has 2 heterocycles. The molecule has 0 aliphatic rings. The molecule has 0 saturated heterocycles. The maximum absolute atomic E-state index is 12.7. The Balaban J connectivity index is 1.35. The van der Waals surface area contributed by atoms with Crippen molar-refractivity contribution in [1.82, 2.24) is 29.8 Å². The van der Waals surface area contributed by atoms with Gasteiger partial charge in [0.05, 0.1) is 11.7 Å². The van der Waals surface area contributed by atoms with Crippen molar-refractivity contribution in [1.29, 1.82) is 0 Å². The van der Waals surface area contributed by atoms with Crippen LogP contribution in [0.25, 0.3) is 17.1 Å². The summed E-state index contributed by atoms with van der Waals surface area (Å²) in [5.41, 5.74) is 2.85. The van der Waals surface area contributed by atoms with E-state index < -0.39 is 0 Å². The van der Waals surface area contributed by atoms with Gasteiger partial charge in [0.1, 0.15) is 12.7 Å². The Morgan fingerprint density at radius 1 is 1.13 bits per heavy atom. The number of carbonyl (C=O) groups excluding carboxylic acids is 1. The number of benzene rings is 2. The molecule has 1 amide bonds. The molecule has 2 aromatic heterocycles. The molecule has 0 aliphatic heterocycles. The number of hydrogen-bond acceptors (Lipinski definition) is 6. The van der Waals surface area contributed by atoms with E-state index in [9.17, 15) is 4.79 Å². The molecule has 2 aromatic carbocycles. The number of aromatic nitrogens is 5. The highest BCUT2D eigenvalue weighted by atomic mass is 16.5. The topological polar surface area (TPSA) is 89.9 Å². The van der Waals surface area contributed by atoms with Gasteiger partial charge in [-0.2, -0.15) is 10.1 Å². The SMILES string of the molecule is C[C@@H](c1ccc(-n2cncn2)cc1)N(C)C(=O)CCc1nc(-c2ccccc2)no1. The van der Waals surface area contributed by atoms with Gasteiger partial charge in [-0.3, -0.25) is 4.79 Å². The van der Waals surface area contributed by atoms with Crippen LogP contribution in [0.1, 0.15) is 30.8 Å². The van der Waals surface area contributed by atoms with E-state index in [1.54, 1.807) is 15.9 Å². The molecule has 0 unspecified atom stereocenters. The monoisotopic (exact) mass is 402 g/mol. The van der Waals surface area contributed by atoms with E-state index in [1.807, 2.05) is 68.6 Å². The Morgan fingerprint density at radius 2 is 1.90 bits per heavy atom. The van der Waals surface area contributed by atoms with Gasteiger partial charge in [-0.15, -0.1) is 0 Å². The fraction of sp³-hybridized carbons (Fsp3) is 0.227. The lowest BCUT2D eigenvalue weighted by Crippen LogP contribution is -2.29. The molecule has 0 N–H and O–H groups in total. The van der Waals surface area contributed by atoms with Crippen LogP contribution >= 0.6 is 0 Å². The molecule has 4 rings (SSSR count). The third-order valence-corrected chi connectivity index (χ3v) is 5.09. The maximum Gasteiger partial charge on any atom is 0.227 e. The highest BCUT2D eigenvalue weighted by Crippen LogP contribution is 2.21. The fourth-order valence-corrected chi connectivity index (χ4v) is 3.14. The van der Waals surface area contributed by atoms with Gasteiger partial charge in [-0.05, 0) is 24.6 Å². The average Bonchev–Trinajstić information content (AvgIpc) is 3.50. The number of amides is 1. The van der Waals surface area contributed by atoms with Crippen LogP contribution in [-0.4, -0.2) is 42.8 Å². The van der Waals surface area contributed by atoms with E-state index in [1.165, 1.54) is 6.33 Å². The smallest absolute Gasteiger partial charge is 0.227 e. The zero-order chi connectivity index (χ0) is 20.9. The molecule has 8 heteroatoms. The van der Waals surface area contributed by atoms with Crippen molar-refractivity contribution >= 4 is 5.91 Å². The molecule has 0 spiro atoms. The van der Waals surface area contributed by atoms with E-state index in [0.29, 0.717) is 24.6 Å². The predicted molar refractivity (Wildman–Crippen MR) is 111 cm³/mol. The van der Waals surface area contributed by atoms with Crippen molar-refractivity contribution in [3.63, 3.8) is 0 Å². The maximum atomic E-state index is 12.7. The van der Waals surface area contributed by atoms with Crippen LogP contribution < -0.4 is 0 Å². The lowest BCUT2D eigenvalue weighted by Gasteiger charge is -2.25. The first-order chi connectivity index (χ1) is 14.6. The molecule has 0 bridgehead atoms. The minimum absolute atomic E-state index is 0.0160. The standard InChI is InChI=1S/C22H22N6O2/c1-16(17-8-10-19(11-9-17)28-15-23-14-24-28)27(2)21(29)13-12-20-25-22(26-30-20)18-6-4-3-5-7-18/h3-11,14-16H,12-13H2,1-2H3/t16-/m0/s1. The summed E-state index contributed by atoms with van der Waals surface area (Å²) in [6.45, 7) is 2.00. The van der Waals surface area contributed by atoms with Gasteiger partial charge in [-0.1, -0.05) is 47.6 Å². The number of carbonyl (C=O) groups is 1. The summed E-state index contributed by atoms with van der Waals surface area (Å²) in [6, 6.07) is 17.5.